The highest BCUT2D eigenvalue weighted by Crippen LogP contribution is 2.22. The van der Waals surface area contributed by atoms with Gasteiger partial charge in [-0.05, 0) is 29.8 Å². The minimum atomic E-state index is -0.783. The zero-order valence-corrected chi connectivity index (χ0v) is 11.7. The van der Waals surface area contributed by atoms with Gasteiger partial charge >= 0.3 is 5.97 Å². The number of carbonyl (C=O) groups is 1. The molecule has 0 fully saturated rings. The number of nitrogens with two attached hydrogens (primary N) is 1. The molecular weight excluding hydrogens is 248 g/mol. The van der Waals surface area contributed by atoms with Crippen LogP contribution in [0.3, 0.4) is 0 Å². The maximum atomic E-state index is 10.9. The quantitative estimate of drug-likeness (QED) is 0.676. The second-order valence-electron chi connectivity index (χ2n) is 4.81. The van der Waals surface area contributed by atoms with E-state index in [0.717, 1.165) is 11.4 Å². The Kier molecular flexibility index (Phi) is 6.32. The molecule has 4 nitrogen and oxygen atoms in total. The van der Waals surface area contributed by atoms with E-state index in [0.29, 0.717) is 18.4 Å². The summed E-state index contributed by atoms with van der Waals surface area (Å²) in [6.07, 6.45) is 0.107. The van der Waals surface area contributed by atoms with Crippen LogP contribution in [-0.4, -0.2) is 24.2 Å². The molecule has 0 aliphatic rings. The number of hydrogen-bond acceptors (Lipinski definition) is 4. The molecule has 0 saturated carbocycles. The summed E-state index contributed by atoms with van der Waals surface area (Å²) < 4.78 is 0. The summed E-state index contributed by atoms with van der Waals surface area (Å²) in [7, 11) is 0. The van der Waals surface area contributed by atoms with E-state index < -0.39 is 5.97 Å². The second kappa shape index (κ2) is 7.51. The molecule has 0 bridgehead atoms. The molecule has 2 atom stereocenters. The van der Waals surface area contributed by atoms with Crippen LogP contribution < -0.4 is 11.1 Å². The first-order valence-corrected chi connectivity index (χ1v) is 7.11. The topological polar surface area (TPSA) is 75.3 Å². The van der Waals surface area contributed by atoms with Crippen molar-refractivity contribution in [2.75, 3.05) is 13.1 Å². The van der Waals surface area contributed by atoms with Gasteiger partial charge in [0.25, 0.3) is 0 Å². The van der Waals surface area contributed by atoms with Crippen molar-refractivity contribution in [3.8, 4) is 0 Å². The summed E-state index contributed by atoms with van der Waals surface area (Å²) in [6.45, 7) is 5.64. The van der Waals surface area contributed by atoms with Crippen LogP contribution in [0.5, 0.6) is 0 Å². The van der Waals surface area contributed by atoms with Gasteiger partial charge < -0.3 is 16.2 Å². The van der Waals surface area contributed by atoms with Crippen molar-refractivity contribution in [2.24, 2.45) is 17.6 Å². The molecule has 4 N–H and O–H groups in total. The van der Waals surface area contributed by atoms with Crippen LogP contribution in [0.4, 0.5) is 0 Å². The smallest absolute Gasteiger partial charge is 0.305 e. The van der Waals surface area contributed by atoms with E-state index in [-0.39, 0.29) is 12.5 Å². The number of rotatable bonds is 8. The fraction of sp³-hybridized carbons (Fsp3) is 0.615. The first kappa shape index (κ1) is 15.1. The molecule has 1 aromatic rings. The number of hydrogen-bond donors (Lipinski definition) is 3. The number of nitrogens with one attached hydrogen (secondary N) is 1. The van der Waals surface area contributed by atoms with Crippen LogP contribution in [0, 0.1) is 11.8 Å². The molecule has 0 aliphatic heterocycles. The summed E-state index contributed by atoms with van der Waals surface area (Å²) in [5, 5.41) is 14.3. The first-order valence-electron chi connectivity index (χ1n) is 6.23. The maximum absolute atomic E-state index is 10.9. The van der Waals surface area contributed by atoms with E-state index in [1.54, 1.807) is 11.3 Å². The highest BCUT2D eigenvalue weighted by atomic mass is 32.1. The molecule has 102 valence electrons. The third-order valence-electron chi connectivity index (χ3n) is 3.14. The van der Waals surface area contributed by atoms with Gasteiger partial charge in [0, 0.05) is 11.4 Å². The van der Waals surface area contributed by atoms with Gasteiger partial charge in [0.15, 0.2) is 0 Å². The monoisotopic (exact) mass is 270 g/mol. The van der Waals surface area contributed by atoms with Crippen LogP contribution in [0.25, 0.3) is 0 Å². The van der Waals surface area contributed by atoms with Gasteiger partial charge in [-0.15, -0.1) is 11.3 Å². The molecule has 0 saturated heterocycles. The predicted octanol–water partition coefficient (Wildman–Crippen LogP) is 2.08. The van der Waals surface area contributed by atoms with Crippen LogP contribution in [0.2, 0.25) is 0 Å². The van der Waals surface area contributed by atoms with E-state index in [2.05, 4.69) is 19.2 Å². The summed E-state index contributed by atoms with van der Waals surface area (Å²) >= 11 is 1.58. The molecule has 0 aromatic carbocycles. The van der Waals surface area contributed by atoms with Gasteiger partial charge in [0.05, 0.1) is 12.5 Å². The Bertz CT molecular complexity index is 352. The molecule has 0 spiro atoms. The van der Waals surface area contributed by atoms with E-state index in [1.807, 2.05) is 17.5 Å². The number of carboxylic acid groups (broad SMARTS) is 1. The Morgan fingerprint density at radius 1 is 1.56 bits per heavy atom. The molecule has 1 aromatic heterocycles. The van der Waals surface area contributed by atoms with Crippen molar-refractivity contribution in [3.63, 3.8) is 0 Å². The number of aliphatic carboxylic acids is 1. The number of carboxylic acids is 1. The standard InChI is InChI=1S/C13H22N2O2S/c1-9(2)10(7-14)8-15-11(6-13(16)17)12-4-3-5-18-12/h3-5,9-11,15H,6-8,14H2,1-2H3,(H,16,17). The highest BCUT2D eigenvalue weighted by Gasteiger charge is 2.19. The zero-order valence-electron chi connectivity index (χ0n) is 10.9. The lowest BCUT2D eigenvalue weighted by molar-refractivity contribution is -0.137. The molecular formula is C13H22N2O2S. The number of thiophene rings is 1. The van der Waals surface area contributed by atoms with Gasteiger partial charge in [-0.2, -0.15) is 0 Å². The van der Waals surface area contributed by atoms with Gasteiger partial charge in [0.1, 0.15) is 0 Å². The van der Waals surface area contributed by atoms with Crippen molar-refractivity contribution in [3.05, 3.63) is 22.4 Å². The molecule has 1 heterocycles. The fourth-order valence-electron chi connectivity index (χ4n) is 1.82. The Hall–Kier alpha value is -0.910. The summed E-state index contributed by atoms with van der Waals surface area (Å²) in [6, 6.07) is 3.80. The fourth-order valence-corrected chi connectivity index (χ4v) is 2.62. The average molecular weight is 270 g/mol. The van der Waals surface area contributed by atoms with Gasteiger partial charge in [-0.1, -0.05) is 19.9 Å². The Morgan fingerprint density at radius 3 is 2.72 bits per heavy atom. The zero-order chi connectivity index (χ0) is 13.5. The van der Waals surface area contributed by atoms with Gasteiger partial charge in [-0.3, -0.25) is 4.79 Å². The summed E-state index contributed by atoms with van der Waals surface area (Å²) in [5.74, 6) is 0.0901. The van der Waals surface area contributed by atoms with Gasteiger partial charge in [-0.25, -0.2) is 0 Å². The lowest BCUT2D eigenvalue weighted by Gasteiger charge is -2.23. The Morgan fingerprint density at radius 2 is 2.28 bits per heavy atom. The van der Waals surface area contributed by atoms with E-state index in [4.69, 9.17) is 10.8 Å². The van der Waals surface area contributed by atoms with E-state index >= 15 is 0 Å². The Labute approximate surface area is 112 Å². The van der Waals surface area contributed by atoms with Gasteiger partial charge in [0.2, 0.25) is 0 Å². The Balaban J connectivity index is 2.59. The molecule has 5 heteroatoms. The lowest BCUT2D eigenvalue weighted by atomic mass is 9.95. The van der Waals surface area contributed by atoms with Crippen LogP contribution in [-0.2, 0) is 4.79 Å². The van der Waals surface area contributed by atoms with E-state index in [1.165, 1.54) is 0 Å². The highest BCUT2D eigenvalue weighted by molar-refractivity contribution is 7.10. The molecule has 2 unspecified atom stereocenters. The third kappa shape index (κ3) is 4.76. The summed E-state index contributed by atoms with van der Waals surface area (Å²) in [5.41, 5.74) is 5.73. The van der Waals surface area contributed by atoms with Crippen molar-refractivity contribution in [1.82, 2.24) is 5.32 Å². The van der Waals surface area contributed by atoms with Crippen LogP contribution >= 0.6 is 11.3 Å². The van der Waals surface area contributed by atoms with E-state index in [9.17, 15) is 4.79 Å². The second-order valence-corrected chi connectivity index (χ2v) is 5.79. The van der Waals surface area contributed by atoms with Crippen molar-refractivity contribution < 1.29 is 9.90 Å². The largest absolute Gasteiger partial charge is 0.481 e. The minimum Gasteiger partial charge on any atom is -0.481 e. The maximum Gasteiger partial charge on any atom is 0.305 e. The SMILES string of the molecule is CC(C)C(CN)CNC(CC(=O)O)c1cccs1. The molecule has 0 amide bonds. The lowest BCUT2D eigenvalue weighted by Crippen LogP contribution is -2.34. The normalized spacial score (nSPS) is 14.7. The van der Waals surface area contributed by atoms with Crippen LogP contribution in [0.1, 0.15) is 31.2 Å². The molecule has 0 aliphatic carbocycles. The molecule has 0 radical (unpaired) electrons. The third-order valence-corrected chi connectivity index (χ3v) is 4.12. The molecule has 18 heavy (non-hydrogen) atoms. The summed E-state index contributed by atoms with van der Waals surface area (Å²) in [4.78, 5) is 12.0. The van der Waals surface area contributed by atoms with Crippen LogP contribution in [0.15, 0.2) is 17.5 Å². The first-order chi connectivity index (χ1) is 8.54. The van der Waals surface area contributed by atoms with Crippen molar-refractivity contribution in [2.45, 2.75) is 26.3 Å². The van der Waals surface area contributed by atoms with Crippen molar-refractivity contribution in [1.29, 1.82) is 0 Å². The van der Waals surface area contributed by atoms with Crippen molar-refractivity contribution >= 4 is 17.3 Å². The average Bonchev–Trinajstić information content (AvgIpc) is 2.80. The predicted molar refractivity (Wildman–Crippen MR) is 74.7 cm³/mol. The minimum absolute atomic E-state index is 0.107. The molecule has 1 rings (SSSR count).